The Bertz CT molecular complexity index is 355. The van der Waals surface area contributed by atoms with Crippen molar-refractivity contribution in [1.82, 2.24) is 0 Å². The van der Waals surface area contributed by atoms with Gasteiger partial charge in [-0.3, -0.25) is 0 Å². The summed E-state index contributed by atoms with van der Waals surface area (Å²) in [6, 6.07) is 1.31. The molecule has 0 aromatic heterocycles. The quantitative estimate of drug-likeness (QED) is 0.549. The molecule has 1 aromatic carbocycles. The summed E-state index contributed by atoms with van der Waals surface area (Å²) in [7, 11) is 0. The highest BCUT2D eigenvalue weighted by Crippen LogP contribution is 2.18. The van der Waals surface area contributed by atoms with Crippen LogP contribution in [0.4, 0.5) is 18.9 Å². The topological polar surface area (TPSA) is 12.0 Å². The van der Waals surface area contributed by atoms with Crippen LogP contribution in [-0.4, -0.2) is 6.54 Å². The minimum atomic E-state index is -1.24. The molecule has 0 saturated carbocycles. The lowest BCUT2D eigenvalue weighted by Gasteiger charge is -2.04. The van der Waals surface area contributed by atoms with Crippen molar-refractivity contribution in [2.24, 2.45) is 0 Å². The van der Waals surface area contributed by atoms with Crippen LogP contribution >= 0.6 is 0 Å². The Morgan fingerprint density at radius 3 is 2.62 bits per heavy atom. The van der Waals surface area contributed by atoms with E-state index in [1.165, 1.54) is 0 Å². The minimum absolute atomic E-state index is 0.0137. The summed E-state index contributed by atoms with van der Waals surface area (Å²) < 4.78 is 37.9. The highest BCUT2D eigenvalue weighted by molar-refractivity contribution is 5.46. The Morgan fingerprint density at radius 1 is 1.31 bits per heavy atom. The van der Waals surface area contributed by atoms with Gasteiger partial charge in [-0.05, 0) is 0 Å². The zero-order chi connectivity index (χ0) is 9.84. The third-order valence-corrected chi connectivity index (χ3v) is 1.37. The molecule has 0 aliphatic heterocycles. The van der Waals surface area contributed by atoms with Crippen molar-refractivity contribution < 1.29 is 13.2 Å². The second-order valence-corrected chi connectivity index (χ2v) is 2.31. The van der Waals surface area contributed by atoms with Crippen molar-refractivity contribution in [2.75, 3.05) is 11.9 Å². The first-order valence-electron chi connectivity index (χ1n) is 3.47. The van der Waals surface area contributed by atoms with Gasteiger partial charge in [0.2, 0.25) is 0 Å². The molecule has 0 atom stereocenters. The van der Waals surface area contributed by atoms with Gasteiger partial charge in [0.05, 0.1) is 12.2 Å². The highest BCUT2D eigenvalue weighted by atomic mass is 19.2. The first-order valence-corrected chi connectivity index (χ1v) is 3.47. The Hall–Kier alpha value is -1.63. The molecule has 1 N–H and O–H groups in total. The summed E-state index contributed by atoms with van der Waals surface area (Å²) in [5.41, 5.74) is -0.268. The molecule has 0 radical (unpaired) electrons. The number of rotatable bonds is 2. The number of benzene rings is 1. The molecule has 0 saturated heterocycles. The van der Waals surface area contributed by atoms with E-state index >= 15 is 0 Å². The molecule has 0 fully saturated rings. The number of nitrogens with one attached hydrogen (secondary N) is 1. The third kappa shape index (κ3) is 2.15. The molecule has 4 heteroatoms. The molecule has 0 unspecified atom stereocenters. The molecule has 0 aliphatic rings. The maximum absolute atomic E-state index is 12.8. The third-order valence-electron chi connectivity index (χ3n) is 1.37. The fourth-order valence-corrected chi connectivity index (χ4v) is 0.831. The number of anilines is 1. The molecule has 0 aliphatic carbocycles. The van der Waals surface area contributed by atoms with E-state index in [0.29, 0.717) is 6.07 Å². The van der Waals surface area contributed by atoms with Gasteiger partial charge in [0.25, 0.3) is 0 Å². The maximum Gasteiger partial charge on any atom is 0.182 e. The zero-order valence-corrected chi connectivity index (χ0v) is 6.57. The van der Waals surface area contributed by atoms with Crippen LogP contribution in [0.25, 0.3) is 0 Å². The normalized spacial score (nSPS) is 9.38. The van der Waals surface area contributed by atoms with E-state index in [9.17, 15) is 13.2 Å². The van der Waals surface area contributed by atoms with Crippen LogP contribution in [0.3, 0.4) is 0 Å². The Morgan fingerprint density at radius 2 is 2.00 bits per heavy atom. The van der Waals surface area contributed by atoms with Gasteiger partial charge in [-0.2, -0.15) is 0 Å². The Labute approximate surface area is 73.6 Å². The molecule has 68 valence electrons. The van der Waals surface area contributed by atoms with Gasteiger partial charge >= 0.3 is 0 Å². The van der Waals surface area contributed by atoms with Crippen molar-refractivity contribution in [3.8, 4) is 12.3 Å². The van der Waals surface area contributed by atoms with Gasteiger partial charge in [-0.15, -0.1) is 6.42 Å². The lowest BCUT2D eigenvalue weighted by atomic mass is 10.3. The van der Waals surface area contributed by atoms with E-state index in [0.717, 1.165) is 6.07 Å². The predicted molar refractivity (Wildman–Crippen MR) is 43.6 cm³/mol. The molecule has 0 amide bonds. The van der Waals surface area contributed by atoms with E-state index in [4.69, 9.17) is 6.42 Å². The van der Waals surface area contributed by atoms with Crippen LogP contribution in [0, 0.1) is 29.8 Å². The first-order chi connectivity index (χ1) is 6.15. The summed E-state index contributed by atoms with van der Waals surface area (Å²) in [6.07, 6.45) is 4.88. The second kappa shape index (κ2) is 3.85. The van der Waals surface area contributed by atoms with Crippen LogP contribution < -0.4 is 5.32 Å². The van der Waals surface area contributed by atoms with Gasteiger partial charge in [-0.1, -0.05) is 5.92 Å². The predicted octanol–water partition coefficient (Wildman–Crippen LogP) is 2.15. The van der Waals surface area contributed by atoms with E-state index in [2.05, 4.69) is 11.2 Å². The lowest BCUT2D eigenvalue weighted by molar-refractivity contribution is 0.498. The monoisotopic (exact) mass is 185 g/mol. The van der Waals surface area contributed by atoms with E-state index in [1.807, 2.05) is 0 Å². The van der Waals surface area contributed by atoms with Crippen LogP contribution in [0.15, 0.2) is 12.1 Å². The van der Waals surface area contributed by atoms with Crippen molar-refractivity contribution >= 4 is 5.69 Å². The summed E-state index contributed by atoms with van der Waals surface area (Å²) in [6.45, 7) is 0.0137. The van der Waals surface area contributed by atoms with Gasteiger partial charge in [-0.25, -0.2) is 13.2 Å². The molecule has 0 heterocycles. The number of halogens is 3. The molecular weight excluding hydrogens is 179 g/mol. The largest absolute Gasteiger partial charge is 0.372 e. The van der Waals surface area contributed by atoms with Crippen molar-refractivity contribution in [2.45, 2.75) is 0 Å². The zero-order valence-electron chi connectivity index (χ0n) is 6.57. The van der Waals surface area contributed by atoms with Gasteiger partial charge in [0.1, 0.15) is 5.82 Å². The SMILES string of the molecule is C#CCNc1cc(F)cc(F)c1F. The van der Waals surface area contributed by atoms with Crippen LogP contribution in [-0.2, 0) is 0 Å². The van der Waals surface area contributed by atoms with Gasteiger partial charge in [0.15, 0.2) is 11.6 Å². The minimum Gasteiger partial charge on any atom is -0.372 e. The molecule has 1 nitrogen and oxygen atoms in total. The van der Waals surface area contributed by atoms with Crippen molar-refractivity contribution in [3.63, 3.8) is 0 Å². The highest BCUT2D eigenvalue weighted by Gasteiger charge is 2.09. The lowest BCUT2D eigenvalue weighted by Crippen LogP contribution is -2.03. The second-order valence-electron chi connectivity index (χ2n) is 2.31. The van der Waals surface area contributed by atoms with Crippen molar-refractivity contribution in [3.05, 3.63) is 29.6 Å². The standard InChI is InChI=1S/C9H6F3N/c1-2-3-13-8-5-6(10)4-7(11)9(8)12/h1,4-5,13H,3H2. The molecule has 1 aromatic rings. The van der Waals surface area contributed by atoms with Gasteiger partial charge < -0.3 is 5.32 Å². The van der Waals surface area contributed by atoms with E-state index in [-0.39, 0.29) is 12.2 Å². The van der Waals surface area contributed by atoms with Crippen LogP contribution in [0.5, 0.6) is 0 Å². The van der Waals surface area contributed by atoms with Crippen LogP contribution in [0.2, 0.25) is 0 Å². The average Bonchev–Trinajstić information content (AvgIpc) is 2.09. The van der Waals surface area contributed by atoms with Gasteiger partial charge in [0, 0.05) is 12.1 Å². The fraction of sp³-hybridized carbons (Fsp3) is 0.111. The summed E-state index contributed by atoms with van der Waals surface area (Å²) in [5, 5.41) is 2.35. The van der Waals surface area contributed by atoms with Crippen LogP contribution in [0.1, 0.15) is 0 Å². The molecular formula is C9H6F3N. The first kappa shape index (κ1) is 9.46. The number of hydrogen-bond donors (Lipinski definition) is 1. The summed E-state index contributed by atoms with van der Waals surface area (Å²) in [4.78, 5) is 0. The molecule has 0 spiro atoms. The Balaban J connectivity index is 3.00. The smallest absolute Gasteiger partial charge is 0.182 e. The maximum atomic E-state index is 12.8. The van der Waals surface area contributed by atoms with E-state index < -0.39 is 17.5 Å². The fourth-order valence-electron chi connectivity index (χ4n) is 0.831. The number of hydrogen-bond acceptors (Lipinski definition) is 1. The summed E-state index contributed by atoms with van der Waals surface area (Å²) in [5.74, 6) is -1.05. The Kier molecular flexibility index (Phi) is 2.80. The number of terminal acetylenes is 1. The van der Waals surface area contributed by atoms with E-state index in [1.54, 1.807) is 0 Å². The average molecular weight is 185 g/mol. The molecule has 13 heavy (non-hydrogen) atoms. The molecule has 0 bridgehead atoms. The van der Waals surface area contributed by atoms with Crippen molar-refractivity contribution in [1.29, 1.82) is 0 Å². The summed E-state index contributed by atoms with van der Waals surface area (Å²) >= 11 is 0. The molecule has 1 rings (SSSR count).